The molecule has 2 rings (SSSR count). The van der Waals surface area contributed by atoms with Gasteiger partial charge in [0.1, 0.15) is 5.75 Å². The molecule has 0 saturated heterocycles. The molecule has 8 heteroatoms. The van der Waals surface area contributed by atoms with E-state index in [0.717, 1.165) is 5.56 Å². The van der Waals surface area contributed by atoms with E-state index in [2.05, 4.69) is 15.2 Å². The Bertz CT molecular complexity index is 659. The van der Waals surface area contributed by atoms with Crippen LogP contribution >= 0.6 is 0 Å². The lowest BCUT2D eigenvalue weighted by Gasteiger charge is -2.13. The molecule has 0 saturated carbocycles. The molecule has 6 nitrogen and oxygen atoms in total. The molecule has 1 atom stereocenters. The summed E-state index contributed by atoms with van der Waals surface area (Å²) in [5.41, 5.74) is 1.52. The summed E-state index contributed by atoms with van der Waals surface area (Å²) in [6.45, 7) is -0.488. The average molecular weight is 339 g/mol. The van der Waals surface area contributed by atoms with Crippen molar-refractivity contribution in [1.82, 2.24) is 15.1 Å². The number of nitrogens with one attached hydrogen (secondary N) is 1. The fraction of sp³-hybridized carbons (Fsp3) is 0.375. The van der Waals surface area contributed by atoms with Crippen LogP contribution in [0.15, 0.2) is 36.7 Å². The number of hydrogen-bond donors (Lipinski definition) is 2. The van der Waals surface area contributed by atoms with Crippen molar-refractivity contribution in [3.63, 3.8) is 0 Å². The van der Waals surface area contributed by atoms with E-state index >= 15 is 0 Å². The van der Waals surface area contributed by atoms with Crippen molar-refractivity contribution in [2.24, 2.45) is 0 Å². The number of benzene rings is 1. The minimum absolute atomic E-state index is 0.0134. The number of ether oxygens (including phenoxy) is 1. The first kappa shape index (κ1) is 17.9. The Morgan fingerprint density at radius 1 is 1.38 bits per heavy atom. The molecule has 2 N–H and O–H groups in total. The van der Waals surface area contributed by atoms with Gasteiger partial charge in [0.15, 0.2) is 0 Å². The van der Waals surface area contributed by atoms with Crippen LogP contribution in [0.2, 0.25) is 0 Å². The monoisotopic (exact) mass is 339 g/mol. The van der Waals surface area contributed by atoms with Crippen LogP contribution < -0.4 is 10.1 Å². The van der Waals surface area contributed by atoms with E-state index in [9.17, 15) is 18.7 Å². The summed E-state index contributed by atoms with van der Waals surface area (Å²) < 4.78 is 30.0. The molecule has 1 aromatic carbocycles. The lowest BCUT2D eigenvalue weighted by Crippen LogP contribution is -2.29. The van der Waals surface area contributed by atoms with Gasteiger partial charge in [-0.3, -0.25) is 9.48 Å². The number of aliphatic hydroxyl groups excluding tert-OH is 1. The highest BCUT2D eigenvalue weighted by Gasteiger charge is 2.11. The molecule has 24 heavy (non-hydrogen) atoms. The zero-order valence-electron chi connectivity index (χ0n) is 13.2. The Morgan fingerprint density at radius 2 is 2.08 bits per heavy atom. The van der Waals surface area contributed by atoms with Gasteiger partial charge in [-0.05, 0) is 30.2 Å². The quantitative estimate of drug-likeness (QED) is 0.772. The highest BCUT2D eigenvalue weighted by Crippen LogP contribution is 2.19. The van der Waals surface area contributed by atoms with Crippen LogP contribution in [-0.4, -0.2) is 34.0 Å². The molecule has 2 aromatic rings. The van der Waals surface area contributed by atoms with Gasteiger partial charge in [-0.2, -0.15) is 13.9 Å². The van der Waals surface area contributed by atoms with E-state index in [1.54, 1.807) is 10.9 Å². The van der Waals surface area contributed by atoms with Gasteiger partial charge in [-0.1, -0.05) is 12.1 Å². The average Bonchev–Trinajstić information content (AvgIpc) is 2.96. The van der Waals surface area contributed by atoms with Crippen LogP contribution in [-0.2, 0) is 11.3 Å². The maximum absolute atomic E-state index is 12.1. The third kappa shape index (κ3) is 5.62. The van der Waals surface area contributed by atoms with Crippen LogP contribution in [0.25, 0.3) is 0 Å². The molecular weight excluding hydrogens is 320 g/mol. The summed E-state index contributed by atoms with van der Waals surface area (Å²) in [4.78, 5) is 11.8. The van der Waals surface area contributed by atoms with Gasteiger partial charge in [0.05, 0.1) is 12.3 Å². The fourth-order valence-electron chi connectivity index (χ4n) is 2.09. The number of aromatic nitrogens is 2. The molecule has 0 spiro atoms. The Morgan fingerprint density at radius 3 is 2.67 bits per heavy atom. The second-order valence-corrected chi connectivity index (χ2v) is 5.30. The minimum Gasteiger partial charge on any atom is -0.435 e. The highest BCUT2D eigenvalue weighted by molar-refractivity contribution is 5.75. The normalized spacial score (nSPS) is 12.2. The number of nitrogens with zero attached hydrogens (tertiary/aromatic N) is 2. The van der Waals surface area contributed by atoms with Crippen LogP contribution in [0.4, 0.5) is 8.78 Å². The molecule has 0 aliphatic rings. The molecule has 0 radical (unpaired) electrons. The third-order valence-electron chi connectivity index (χ3n) is 3.31. The maximum Gasteiger partial charge on any atom is 0.387 e. The largest absolute Gasteiger partial charge is 0.435 e. The molecule has 0 aliphatic carbocycles. The van der Waals surface area contributed by atoms with Crippen LogP contribution in [0.1, 0.15) is 23.7 Å². The molecule has 0 bridgehead atoms. The van der Waals surface area contributed by atoms with Crippen molar-refractivity contribution in [1.29, 1.82) is 0 Å². The van der Waals surface area contributed by atoms with Gasteiger partial charge in [0, 0.05) is 25.7 Å². The smallest absolute Gasteiger partial charge is 0.387 e. The standard InChI is InChI=1S/C16H19F2N3O3/c1-11-8-20-21(10-11)7-6-15(23)19-9-14(22)12-2-4-13(5-3-12)24-16(17)18/h2-5,8,10,14,16,22H,6-7,9H2,1H3,(H,19,23)/t14-/m0/s1. The van der Waals surface area contributed by atoms with Crippen LogP contribution in [0, 0.1) is 6.92 Å². The number of carbonyl (C=O) groups is 1. The van der Waals surface area contributed by atoms with E-state index in [4.69, 9.17) is 0 Å². The highest BCUT2D eigenvalue weighted by atomic mass is 19.3. The predicted molar refractivity (Wildman–Crippen MR) is 82.6 cm³/mol. The molecule has 0 aliphatic heterocycles. The lowest BCUT2D eigenvalue weighted by molar-refractivity contribution is -0.121. The Balaban J connectivity index is 1.75. The topological polar surface area (TPSA) is 76.4 Å². The zero-order valence-corrected chi connectivity index (χ0v) is 13.2. The molecule has 1 aromatic heterocycles. The zero-order chi connectivity index (χ0) is 17.5. The van der Waals surface area contributed by atoms with Gasteiger partial charge in [-0.25, -0.2) is 0 Å². The van der Waals surface area contributed by atoms with Crippen LogP contribution in [0.3, 0.4) is 0 Å². The first-order valence-corrected chi connectivity index (χ1v) is 7.42. The van der Waals surface area contributed by atoms with E-state index in [-0.39, 0.29) is 24.6 Å². The van der Waals surface area contributed by atoms with Crippen LogP contribution in [0.5, 0.6) is 5.75 Å². The van der Waals surface area contributed by atoms with E-state index in [0.29, 0.717) is 12.1 Å². The van der Waals surface area contributed by atoms with Crippen molar-refractivity contribution in [3.8, 4) is 5.75 Å². The van der Waals surface area contributed by atoms with E-state index in [1.165, 1.54) is 24.3 Å². The van der Waals surface area contributed by atoms with Gasteiger partial charge in [-0.15, -0.1) is 0 Å². The number of alkyl halides is 2. The van der Waals surface area contributed by atoms with Crippen molar-refractivity contribution in [2.45, 2.75) is 32.6 Å². The predicted octanol–water partition coefficient (Wildman–Crippen LogP) is 2.03. The first-order valence-electron chi connectivity index (χ1n) is 7.42. The second-order valence-electron chi connectivity index (χ2n) is 5.30. The summed E-state index contributed by atoms with van der Waals surface area (Å²) in [5.74, 6) is -0.195. The summed E-state index contributed by atoms with van der Waals surface area (Å²) in [6, 6.07) is 5.63. The number of aliphatic hydroxyl groups is 1. The van der Waals surface area contributed by atoms with Gasteiger partial charge < -0.3 is 15.2 Å². The Hall–Kier alpha value is -2.48. The van der Waals surface area contributed by atoms with Crippen molar-refractivity contribution in [2.75, 3.05) is 6.54 Å². The van der Waals surface area contributed by atoms with E-state index < -0.39 is 12.7 Å². The number of rotatable bonds is 8. The number of halogens is 2. The molecule has 1 amide bonds. The fourth-order valence-corrected chi connectivity index (χ4v) is 2.09. The van der Waals surface area contributed by atoms with Crippen molar-refractivity contribution in [3.05, 3.63) is 47.8 Å². The summed E-state index contributed by atoms with van der Waals surface area (Å²) in [6.07, 6.45) is 2.87. The summed E-state index contributed by atoms with van der Waals surface area (Å²) >= 11 is 0. The molecule has 130 valence electrons. The maximum atomic E-state index is 12.1. The summed E-state index contributed by atoms with van der Waals surface area (Å²) in [5, 5.41) is 16.7. The Labute approximate surface area is 138 Å². The van der Waals surface area contributed by atoms with Gasteiger partial charge in [0.2, 0.25) is 5.91 Å². The molecule has 0 fully saturated rings. The first-order chi connectivity index (χ1) is 11.4. The third-order valence-corrected chi connectivity index (χ3v) is 3.31. The van der Waals surface area contributed by atoms with Gasteiger partial charge >= 0.3 is 6.61 Å². The lowest BCUT2D eigenvalue weighted by atomic mass is 10.1. The summed E-state index contributed by atoms with van der Waals surface area (Å²) in [7, 11) is 0. The van der Waals surface area contributed by atoms with Crippen molar-refractivity contribution >= 4 is 5.91 Å². The Kier molecular flexibility index (Phi) is 6.25. The minimum atomic E-state index is -2.89. The number of aryl methyl sites for hydroxylation is 2. The molecule has 1 heterocycles. The van der Waals surface area contributed by atoms with Gasteiger partial charge in [0.25, 0.3) is 0 Å². The number of hydrogen-bond acceptors (Lipinski definition) is 4. The molecular formula is C16H19F2N3O3. The number of amides is 1. The van der Waals surface area contributed by atoms with E-state index in [1.807, 2.05) is 13.1 Å². The second kappa shape index (κ2) is 8.39. The number of carbonyl (C=O) groups excluding carboxylic acids is 1. The SMILES string of the molecule is Cc1cnn(CCC(=O)NC[C@H](O)c2ccc(OC(F)F)cc2)c1. The molecule has 0 unspecified atom stereocenters. The van der Waals surface area contributed by atoms with Crippen molar-refractivity contribution < 1.29 is 23.4 Å².